The van der Waals surface area contributed by atoms with Gasteiger partial charge in [-0.2, -0.15) is 18.4 Å². The number of nitriles is 1. The third kappa shape index (κ3) is 5.26. The number of carbonyl (C=O) groups is 1. The summed E-state index contributed by atoms with van der Waals surface area (Å²) in [5, 5.41) is 18.6. The number of ether oxygens (including phenoxy) is 1. The molecule has 204 valence electrons. The monoisotopic (exact) mass is 562 g/mol. The Morgan fingerprint density at radius 2 is 1.90 bits per heavy atom. The molecule has 1 fully saturated rings. The third-order valence-corrected chi connectivity index (χ3v) is 7.70. The van der Waals surface area contributed by atoms with Gasteiger partial charge < -0.3 is 10.1 Å². The Labute approximate surface area is 221 Å². The molecule has 1 aliphatic carbocycles. The summed E-state index contributed by atoms with van der Waals surface area (Å²) in [7, 11) is -3.14. The van der Waals surface area contributed by atoms with Gasteiger partial charge in [-0.1, -0.05) is 6.07 Å². The third-order valence-electron chi connectivity index (χ3n) is 6.55. The van der Waals surface area contributed by atoms with Crippen molar-refractivity contribution in [3.63, 3.8) is 0 Å². The van der Waals surface area contributed by atoms with Gasteiger partial charge in [0.2, 0.25) is 5.88 Å². The normalized spacial score (nSPS) is 15.9. The smallest absolute Gasteiger partial charge is 0.418 e. The molecule has 1 aliphatic rings. The highest BCUT2D eigenvalue weighted by Crippen LogP contribution is 2.45. The van der Waals surface area contributed by atoms with E-state index < -0.39 is 55.7 Å². The van der Waals surface area contributed by atoms with Gasteiger partial charge in [-0.25, -0.2) is 18.4 Å². The summed E-state index contributed by atoms with van der Waals surface area (Å²) >= 11 is 0. The first-order valence-electron chi connectivity index (χ1n) is 11.5. The fourth-order valence-corrected chi connectivity index (χ4v) is 4.88. The predicted molar refractivity (Wildman–Crippen MR) is 131 cm³/mol. The van der Waals surface area contributed by atoms with Crippen LogP contribution < -0.4 is 10.1 Å². The second-order valence-corrected chi connectivity index (χ2v) is 11.4. The maximum absolute atomic E-state index is 15.3. The summed E-state index contributed by atoms with van der Waals surface area (Å²) in [5.74, 6) is -2.84. The Morgan fingerprint density at radius 1 is 1.21 bits per heavy atom. The molecule has 0 bridgehead atoms. The van der Waals surface area contributed by atoms with Crippen molar-refractivity contribution in [1.82, 2.24) is 15.2 Å². The van der Waals surface area contributed by atoms with Crippen LogP contribution in [0.5, 0.6) is 11.8 Å². The number of anilines is 1. The maximum Gasteiger partial charge on any atom is 0.435 e. The van der Waals surface area contributed by atoms with Gasteiger partial charge in [0.05, 0.1) is 21.2 Å². The highest BCUT2D eigenvalue weighted by molar-refractivity contribution is 7.91. The van der Waals surface area contributed by atoms with Gasteiger partial charge in [-0.05, 0) is 56.9 Å². The van der Waals surface area contributed by atoms with Crippen molar-refractivity contribution < 1.29 is 31.3 Å². The SMILES string of the molecule is Cc1c(Oc2nnc(C(F)(F)F)c(C)c2C(=O)Nc2cccc(S(C)(=N)=O)c2)ncc(C2(C#N)CCC2)c1F. The first-order chi connectivity index (χ1) is 18.2. The summed E-state index contributed by atoms with van der Waals surface area (Å²) in [6.45, 7) is 2.33. The maximum atomic E-state index is 15.3. The summed E-state index contributed by atoms with van der Waals surface area (Å²) in [6, 6.07) is 7.61. The molecule has 1 saturated carbocycles. The average molecular weight is 563 g/mol. The van der Waals surface area contributed by atoms with Crippen LogP contribution in [-0.2, 0) is 21.3 Å². The van der Waals surface area contributed by atoms with Gasteiger partial charge in [-0.15, -0.1) is 10.2 Å². The number of amides is 1. The lowest BCUT2D eigenvalue weighted by Gasteiger charge is -2.35. The van der Waals surface area contributed by atoms with Gasteiger partial charge in [0.1, 0.15) is 11.4 Å². The summed E-state index contributed by atoms with van der Waals surface area (Å²) < 4.78 is 81.4. The van der Waals surface area contributed by atoms with Gasteiger partial charge >= 0.3 is 6.18 Å². The van der Waals surface area contributed by atoms with E-state index in [-0.39, 0.29) is 27.6 Å². The molecule has 4 rings (SSSR count). The number of hydrogen-bond donors (Lipinski definition) is 2. The van der Waals surface area contributed by atoms with Gasteiger partial charge in [0.25, 0.3) is 11.8 Å². The molecule has 0 spiro atoms. The average Bonchev–Trinajstić information content (AvgIpc) is 2.81. The van der Waals surface area contributed by atoms with Gasteiger partial charge in [0, 0.05) is 34.2 Å². The van der Waals surface area contributed by atoms with Crippen LogP contribution in [0.2, 0.25) is 0 Å². The zero-order chi connectivity index (χ0) is 28.8. The van der Waals surface area contributed by atoms with Gasteiger partial charge in [-0.3, -0.25) is 4.79 Å². The van der Waals surface area contributed by atoms with Gasteiger partial charge in [0.15, 0.2) is 5.69 Å². The molecule has 0 saturated heterocycles. The van der Waals surface area contributed by atoms with Crippen LogP contribution in [0.3, 0.4) is 0 Å². The van der Waals surface area contributed by atoms with E-state index >= 15 is 4.39 Å². The van der Waals surface area contributed by atoms with Crippen molar-refractivity contribution >= 4 is 21.3 Å². The number of alkyl halides is 3. The molecule has 1 amide bonds. The van der Waals surface area contributed by atoms with Crippen molar-refractivity contribution in [2.24, 2.45) is 0 Å². The largest absolute Gasteiger partial charge is 0.435 e. The molecular formula is C25H22F4N6O3S. The first-order valence-corrected chi connectivity index (χ1v) is 13.5. The fourth-order valence-electron chi connectivity index (χ4n) is 4.19. The Hall–Kier alpha value is -4.12. The molecule has 0 aliphatic heterocycles. The van der Waals surface area contributed by atoms with Crippen LogP contribution in [0.4, 0.5) is 23.2 Å². The molecule has 1 atom stereocenters. The van der Waals surface area contributed by atoms with E-state index in [1.807, 2.05) is 0 Å². The number of nitrogens with one attached hydrogen (secondary N) is 2. The Kier molecular flexibility index (Phi) is 7.07. The number of pyridine rings is 1. The number of rotatable bonds is 6. The van der Waals surface area contributed by atoms with Crippen LogP contribution in [0.15, 0.2) is 35.4 Å². The highest BCUT2D eigenvalue weighted by Gasteiger charge is 2.42. The first kappa shape index (κ1) is 27.9. The zero-order valence-electron chi connectivity index (χ0n) is 20.9. The van der Waals surface area contributed by atoms with E-state index in [4.69, 9.17) is 9.52 Å². The lowest BCUT2D eigenvalue weighted by atomic mass is 9.65. The van der Waals surface area contributed by atoms with Crippen LogP contribution in [0, 0.1) is 35.8 Å². The van der Waals surface area contributed by atoms with Crippen LogP contribution in [-0.4, -0.2) is 31.6 Å². The van der Waals surface area contributed by atoms with Crippen LogP contribution >= 0.6 is 0 Å². The van der Waals surface area contributed by atoms with E-state index in [1.54, 1.807) is 0 Å². The summed E-state index contributed by atoms with van der Waals surface area (Å²) in [5.41, 5.74) is -3.65. The molecule has 2 N–H and O–H groups in total. The van der Waals surface area contributed by atoms with E-state index in [2.05, 4.69) is 26.6 Å². The Balaban J connectivity index is 1.76. The molecule has 1 aromatic carbocycles. The molecule has 1 unspecified atom stereocenters. The quantitative estimate of drug-likeness (QED) is 0.369. The van der Waals surface area contributed by atoms with Crippen molar-refractivity contribution in [3.8, 4) is 17.8 Å². The minimum absolute atomic E-state index is 0.0575. The Morgan fingerprint density at radius 3 is 2.46 bits per heavy atom. The van der Waals surface area contributed by atoms with Crippen molar-refractivity contribution in [1.29, 1.82) is 10.0 Å². The minimum Gasteiger partial charge on any atom is -0.418 e. The second-order valence-electron chi connectivity index (χ2n) is 9.24. The molecule has 2 heterocycles. The summed E-state index contributed by atoms with van der Waals surface area (Å²) in [4.78, 5) is 17.4. The number of nitrogens with zero attached hydrogens (tertiary/aromatic N) is 4. The standard InChI is InChI=1S/C25H22F4N6O3S/c1-13-18(21(36)33-15-6-4-7-16(10-15)39(3,31)37)23(35-34-20(13)25(27,28)29)38-22-14(2)19(26)17(11-32-22)24(12-30)8-5-9-24/h4,6-7,10-11,31H,5,8-9H2,1-3H3,(H,33,36). The molecule has 39 heavy (non-hydrogen) atoms. The number of carbonyl (C=O) groups excluding carboxylic acids is 1. The molecular weight excluding hydrogens is 540 g/mol. The number of hydrogen-bond acceptors (Lipinski definition) is 8. The molecule has 2 aromatic heterocycles. The van der Waals surface area contributed by atoms with E-state index in [1.165, 1.54) is 37.4 Å². The molecule has 3 aromatic rings. The van der Waals surface area contributed by atoms with E-state index in [9.17, 15) is 27.4 Å². The predicted octanol–water partition coefficient (Wildman–Crippen LogP) is 5.67. The topological polar surface area (TPSA) is 142 Å². The molecule has 0 radical (unpaired) electrons. The second kappa shape index (κ2) is 9.88. The molecule has 14 heteroatoms. The number of aromatic nitrogens is 3. The van der Waals surface area contributed by atoms with E-state index in [0.717, 1.165) is 19.5 Å². The van der Waals surface area contributed by atoms with Crippen molar-refractivity contribution in [2.75, 3.05) is 11.6 Å². The lowest BCUT2D eigenvalue weighted by molar-refractivity contribution is -0.142. The zero-order valence-corrected chi connectivity index (χ0v) is 21.8. The van der Waals surface area contributed by atoms with Crippen molar-refractivity contribution in [3.05, 3.63) is 64.2 Å². The number of halogens is 4. The Bertz CT molecular complexity index is 1630. The lowest BCUT2D eigenvalue weighted by Crippen LogP contribution is -2.33. The van der Waals surface area contributed by atoms with E-state index in [0.29, 0.717) is 12.8 Å². The fraction of sp³-hybridized carbons (Fsp3) is 0.320. The summed E-state index contributed by atoms with van der Waals surface area (Å²) in [6.07, 6.45) is -0.953. The van der Waals surface area contributed by atoms with Crippen LogP contribution in [0.1, 0.15) is 52.0 Å². The highest BCUT2D eigenvalue weighted by atomic mass is 32.2. The number of benzene rings is 1. The van der Waals surface area contributed by atoms with Crippen LogP contribution in [0.25, 0.3) is 0 Å². The van der Waals surface area contributed by atoms with Crippen molar-refractivity contribution in [2.45, 2.75) is 49.6 Å². The molecule has 9 nitrogen and oxygen atoms in total. The minimum atomic E-state index is -4.94.